The van der Waals surface area contributed by atoms with Gasteiger partial charge in [-0.2, -0.15) is 0 Å². The van der Waals surface area contributed by atoms with Crippen molar-refractivity contribution >= 4 is 23.4 Å². The highest BCUT2D eigenvalue weighted by Gasteiger charge is 2.19. The summed E-state index contributed by atoms with van der Waals surface area (Å²) in [6, 6.07) is 7.52. The van der Waals surface area contributed by atoms with Crippen LogP contribution in [0.1, 0.15) is 18.1 Å². The molecule has 0 aliphatic carbocycles. The summed E-state index contributed by atoms with van der Waals surface area (Å²) in [7, 11) is 0. The number of hydrogen-bond acceptors (Lipinski definition) is 3. The van der Waals surface area contributed by atoms with E-state index in [0.717, 1.165) is 10.5 Å². The summed E-state index contributed by atoms with van der Waals surface area (Å²) in [5, 5.41) is 19.6. The van der Waals surface area contributed by atoms with Gasteiger partial charge in [-0.15, -0.1) is 23.4 Å². The Morgan fingerprint density at radius 1 is 1.33 bits per heavy atom. The van der Waals surface area contributed by atoms with Crippen LogP contribution < -0.4 is 0 Å². The Balaban J connectivity index is 2.84. The van der Waals surface area contributed by atoms with E-state index < -0.39 is 12.2 Å². The first-order valence-electron chi connectivity index (χ1n) is 4.75. The average molecular weight is 247 g/mol. The molecule has 0 saturated heterocycles. The topological polar surface area (TPSA) is 40.5 Å². The number of rotatable bonds is 5. The van der Waals surface area contributed by atoms with Gasteiger partial charge in [0.2, 0.25) is 0 Å². The van der Waals surface area contributed by atoms with Gasteiger partial charge in [-0.25, -0.2) is 0 Å². The summed E-state index contributed by atoms with van der Waals surface area (Å²) in [5.41, 5.74) is 0.766. The SMILES string of the molecule is CSc1ccccc1C(O)C(O)CCCl. The Hall–Kier alpha value is -0.220. The van der Waals surface area contributed by atoms with Crippen molar-refractivity contribution in [1.29, 1.82) is 0 Å². The van der Waals surface area contributed by atoms with Gasteiger partial charge in [0.15, 0.2) is 0 Å². The van der Waals surface area contributed by atoms with Crippen LogP contribution in [0, 0.1) is 0 Å². The van der Waals surface area contributed by atoms with Crippen molar-refractivity contribution < 1.29 is 10.2 Å². The predicted octanol–water partition coefficient (Wildman–Crippen LogP) is 2.43. The van der Waals surface area contributed by atoms with Crippen LogP contribution in [0.4, 0.5) is 0 Å². The van der Waals surface area contributed by atoms with Gasteiger partial charge in [-0.05, 0) is 24.3 Å². The molecule has 84 valence electrons. The first kappa shape index (κ1) is 12.8. The lowest BCUT2D eigenvalue weighted by Gasteiger charge is -2.19. The third kappa shape index (κ3) is 3.38. The molecule has 0 saturated carbocycles. The van der Waals surface area contributed by atoms with Crippen LogP contribution in [0.2, 0.25) is 0 Å². The number of aliphatic hydroxyl groups excluding tert-OH is 2. The second-order valence-corrected chi connectivity index (χ2v) is 4.46. The van der Waals surface area contributed by atoms with Crippen LogP contribution in [0.15, 0.2) is 29.2 Å². The van der Waals surface area contributed by atoms with E-state index in [0.29, 0.717) is 12.3 Å². The molecule has 0 aromatic heterocycles. The van der Waals surface area contributed by atoms with Crippen LogP contribution >= 0.6 is 23.4 Å². The summed E-state index contributed by atoms with van der Waals surface area (Å²) in [6.07, 6.45) is 0.688. The quantitative estimate of drug-likeness (QED) is 0.619. The van der Waals surface area contributed by atoms with E-state index in [1.165, 1.54) is 0 Å². The molecule has 0 radical (unpaired) electrons. The van der Waals surface area contributed by atoms with Gasteiger partial charge < -0.3 is 10.2 Å². The van der Waals surface area contributed by atoms with Gasteiger partial charge in [0.25, 0.3) is 0 Å². The lowest BCUT2D eigenvalue weighted by atomic mass is 10.0. The molecule has 0 fully saturated rings. The maximum Gasteiger partial charge on any atom is 0.106 e. The minimum absolute atomic E-state index is 0.347. The second-order valence-electron chi connectivity index (χ2n) is 3.23. The third-order valence-electron chi connectivity index (χ3n) is 2.23. The fourth-order valence-corrected chi connectivity index (χ4v) is 2.25. The molecule has 15 heavy (non-hydrogen) atoms. The van der Waals surface area contributed by atoms with E-state index in [1.807, 2.05) is 30.5 Å². The highest BCUT2D eigenvalue weighted by atomic mass is 35.5. The molecule has 0 spiro atoms. The number of alkyl halides is 1. The maximum absolute atomic E-state index is 9.91. The molecule has 0 amide bonds. The van der Waals surface area contributed by atoms with Gasteiger partial charge >= 0.3 is 0 Å². The lowest BCUT2D eigenvalue weighted by molar-refractivity contribution is 0.0155. The molecular weight excluding hydrogens is 232 g/mol. The molecule has 0 aliphatic rings. The number of halogens is 1. The highest BCUT2D eigenvalue weighted by molar-refractivity contribution is 7.98. The van der Waals surface area contributed by atoms with E-state index in [4.69, 9.17) is 11.6 Å². The zero-order valence-corrected chi connectivity index (χ0v) is 10.1. The molecule has 2 N–H and O–H groups in total. The Morgan fingerprint density at radius 3 is 2.60 bits per heavy atom. The minimum Gasteiger partial charge on any atom is -0.390 e. The predicted molar refractivity (Wildman–Crippen MR) is 64.5 cm³/mol. The Labute approximate surface area is 99.3 Å². The van der Waals surface area contributed by atoms with E-state index >= 15 is 0 Å². The zero-order chi connectivity index (χ0) is 11.3. The van der Waals surface area contributed by atoms with Crippen molar-refractivity contribution in [2.75, 3.05) is 12.1 Å². The third-order valence-corrected chi connectivity index (χ3v) is 3.26. The first-order chi connectivity index (χ1) is 7.20. The molecule has 4 heteroatoms. The summed E-state index contributed by atoms with van der Waals surface area (Å²) >= 11 is 7.08. The Kier molecular flexibility index (Phi) is 5.47. The molecule has 0 heterocycles. The fourth-order valence-electron chi connectivity index (χ4n) is 1.39. The van der Waals surface area contributed by atoms with Crippen LogP contribution in [0.5, 0.6) is 0 Å². The normalized spacial score (nSPS) is 14.9. The van der Waals surface area contributed by atoms with E-state index in [1.54, 1.807) is 11.8 Å². The minimum atomic E-state index is -0.854. The zero-order valence-electron chi connectivity index (χ0n) is 8.56. The summed E-state index contributed by atoms with van der Waals surface area (Å²) in [5.74, 6) is 0.347. The first-order valence-corrected chi connectivity index (χ1v) is 6.51. The fraction of sp³-hybridized carbons (Fsp3) is 0.455. The van der Waals surface area contributed by atoms with Crippen LogP contribution in [-0.4, -0.2) is 28.5 Å². The van der Waals surface area contributed by atoms with E-state index in [-0.39, 0.29) is 0 Å². The standard InChI is InChI=1S/C11H15ClO2S/c1-15-10-5-3-2-4-8(10)11(14)9(13)6-7-12/h2-5,9,11,13-14H,6-7H2,1H3. The van der Waals surface area contributed by atoms with Gasteiger partial charge in [0.05, 0.1) is 6.10 Å². The number of aliphatic hydroxyl groups is 2. The monoisotopic (exact) mass is 246 g/mol. The van der Waals surface area contributed by atoms with Crippen molar-refractivity contribution in [3.63, 3.8) is 0 Å². The Morgan fingerprint density at radius 2 is 2.00 bits per heavy atom. The lowest BCUT2D eigenvalue weighted by Crippen LogP contribution is -2.19. The summed E-state index contributed by atoms with van der Waals surface area (Å²) in [6.45, 7) is 0. The molecule has 1 rings (SSSR count). The van der Waals surface area contributed by atoms with Crippen LogP contribution in [0.25, 0.3) is 0 Å². The molecule has 2 nitrogen and oxygen atoms in total. The van der Waals surface area contributed by atoms with E-state index in [9.17, 15) is 10.2 Å². The molecule has 1 aromatic rings. The highest BCUT2D eigenvalue weighted by Crippen LogP contribution is 2.28. The maximum atomic E-state index is 9.91. The van der Waals surface area contributed by atoms with E-state index in [2.05, 4.69) is 0 Å². The van der Waals surface area contributed by atoms with Crippen LogP contribution in [0.3, 0.4) is 0 Å². The molecule has 2 unspecified atom stereocenters. The Bertz CT molecular complexity index is 306. The van der Waals surface area contributed by atoms with Crippen molar-refractivity contribution in [3.05, 3.63) is 29.8 Å². The molecule has 2 atom stereocenters. The second kappa shape index (κ2) is 6.38. The number of hydrogen-bond donors (Lipinski definition) is 2. The summed E-state index contributed by atoms with van der Waals surface area (Å²) in [4.78, 5) is 0.985. The molecule has 0 aliphatic heterocycles. The van der Waals surface area contributed by atoms with Crippen molar-refractivity contribution in [2.45, 2.75) is 23.5 Å². The van der Waals surface area contributed by atoms with Crippen molar-refractivity contribution in [1.82, 2.24) is 0 Å². The van der Waals surface area contributed by atoms with Gasteiger partial charge in [-0.3, -0.25) is 0 Å². The van der Waals surface area contributed by atoms with Gasteiger partial charge in [-0.1, -0.05) is 18.2 Å². The van der Waals surface area contributed by atoms with Crippen molar-refractivity contribution in [2.24, 2.45) is 0 Å². The number of thioether (sulfide) groups is 1. The van der Waals surface area contributed by atoms with Gasteiger partial charge in [0.1, 0.15) is 6.10 Å². The van der Waals surface area contributed by atoms with Crippen LogP contribution in [-0.2, 0) is 0 Å². The smallest absolute Gasteiger partial charge is 0.106 e. The summed E-state index contributed by atoms with van der Waals surface area (Å²) < 4.78 is 0. The largest absolute Gasteiger partial charge is 0.390 e. The average Bonchev–Trinajstić information content (AvgIpc) is 2.28. The molecule has 0 bridgehead atoms. The number of benzene rings is 1. The molecule has 1 aromatic carbocycles. The molecular formula is C11H15ClO2S. The van der Waals surface area contributed by atoms with Gasteiger partial charge in [0, 0.05) is 10.8 Å². The van der Waals surface area contributed by atoms with Crippen molar-refractivity contribution in [3.8, 4) is 0 Å².